The van der Waals surface area contributed by atoms with Crippen LogP contribution in [-0.2, 0) is 81.8 Å². The van der Waals surface area contributed by atoms with E-state index in [1.165, 1.54) is 14.0 Å². The third kappa shape index (κ3) is 25.0. The predicted molar refractivity (Wildman–Crippen MR) is 201 cm³/mol. The maximum absolute atomic E-state index is 10.7. The summed E-state index contributed by atoms with van der Waals surface area (Å²) in [6.45, 7) is 12.0. The van der Waals surface area contributed by atoms with E-state index in [4.69, 9.17) is 28.4 Å². The lowest BCUT2D eigenvalue weighted by Crippen LogP contribution is -2.60. The average molecular weight is 986 g/mol. The van der Waals surface area contributed by atoms with Gasteiger partial charge in [-0.2, -0.15) is 0 Å². The summed E-state index contributed by atoms with van der Waals surface area (Å²) in [5, 5.41) is 68.6. The van der Waals surface area contributed by atoms with Crippen LogP contribution in [0.15, 0.2) is 0 Å². The molecule has 4 fully saturated rings. The Bertz CT molecular complexity index is 1540. The molecule has 0 aromatic carbocycles. The van der Waals surface area contributed by atoms with Crippen molar-refractivity contribution >= 4 is 43.1 Å². The van der Waals surface area contributed by atoms with Gasteiger partial charge < -0.3 is 87.4 Å². The van der Waals surface area contributed by atoms with Crippen molar-refractivity contribution < 1.29 is 125 Å². The van der Waals surface area contributed by atoms with Gasteiger partial charge in [0.2, 0.25) is 31.2 Å². The molecule has 0 saturated carbocycles. The molecule has 4 aliphatic heterocycles. The number of hydrogen-bond donors (Lipinski definition) is 5. The summed E-state index contributed by atoms with van der Waals surface area (Å²) in [5.74, 6) is -3.30. The Morgan fingerprint density at radius 2 is 1.05 bits per heavy atom. The molecule has 4 rings (SSSR count). The van der Waals surface area contributed by atoms with Gasteiger partial charge in [-0.25, -0.2) is 25.3 Å². The Hall–Kier alpha value is -1.89. The molecule has 30 heteroatoms. The Morgan fingerprint density at radius 1 is 0.619 bits per heavy atom. The molecule has 0 aromatic rings. The Labute approximate surface area is 367 Å². The van der Waals surface area contributed by atoms with Gasteiger partial charge in [-0.3, -0.25) is 12.5 Å². The first-order chi connectivity index (χ1) is 29.1. The van der Waals surface area contributed by atoms with Gasteiger partial charge in [0.05, 0.1) is 63.3 Å². The largest absolute Gasteiger partial charge is 0.726 e. The smallest absolute Gasteiger partial charge is 0.218 e. The lowest BCUT2D eigenvalue weighted by Gasteiger charge is -2.39. The SMILES string of the molecule is CC.CC.CC1COC(COS(=O)(=O)[O-])C(O)C1O.CC1COC(COS(=O)(=O)[O-])C(O)C1O.CCOC1C(C(=O)[O-])OCC(OS(=O)(=O)[O-])C1O.COC1CCCOC1C(=O)[O-]. The number of aliphatic hydroxyl groups is 5. The molecule has 4 saturated heterocycles. The van der Waals surface area contributed by atoms with Gasteiger partial charge in [0.25, 0.3) is 0 Å². The second-order valence-electron chi connectivity index (χ2n) is 13.1. The Morgan fingerprint density at radius 3 is 1.38 bits per heavy atom. The van der Waals surface area contributed by atoms with Crippen LogP contribution in [0.3, 0.4) is 0 Å². The zero-order chi connectivity index (χ0) is 49.5. The maximum atomic E-state index is 10.7. The monoisotopic (exact) mass is 985 g/mol. The zero-order valence-electron chi connectivity index (χ0n) is 35.9. The third-order valence-electron chi connectivity index (χ3n) is 8.62. The summed E-state index contributed by atoms with van der Waals surface area (Å²) < 4.78 is 134. The standard InChI is InChI=1S/C8H14O9S.2C7H14O7S.C7H12O4.2C2H6/c1-2-15-6-5(9)4(17-18(12,13)14)3-16-7(6)8(10)11;2*1-4-2-13-5(7(9)6(4)8)3-14-15(10,11)12;1-10-5-3-2-4-11-6(5)7(8)9;2*1-2/h4-7,9H,2-3H2,1H3,(H,10,11)(H,12,13,14);2*4-9H,2-3H2,1H3,(H,10,11,12);5-6H,2-4H2,1H3,(H,8,9);2*1-2H3/p-5. The van der Waals surface area contributed by atoms with Crippen LogP contribution in [0, 0.1) is 11.8 Å². The van der Waals surface area contributed by atoms with Crippen molar-refractivity contribution in [1.29, 1.82) is 0 Å². The van der Waals surface area contributed by atoms with Gasteiger partial charge in [0.1, 0.15) is 54.9 Å². The number of methoxy groups -OCH3 is 1. The number of aliphatic carboxylic acids is 2. The van der Waals surface area contributed by atoms with Crippen molar-refractivity contribution in [2.45, 2.75) is 135 Å². The number of aliphatic hydroxyl groups excluding tert-OH is 5. The van der Waals surface area contributed by atoms with Crippen molar-refractivity contribution in [2.75, 3.05) is 53.4 Å². The first-order valence-electron chi connectivity index (χ1n) is 19.4. The molecule has 4 heterocycles. The van der Waals surface area contributed by atoms with Crippen molar-refractivity contribution in [3.05, 3.63) is 0 Å². The summed E-state index contributed by atoms with van der Waals surface area (Å²) in [6, 6.07) is 0. The normalized spacial score (nSPS) is 33.3. The minimum Gasteiger partial charge on any atom is -0.726 e. The summed E-state index contributed by atoms with van der Waals surface area (Å²) >= 11 is 0. The summed E-state index contributed by atoms with van der Waals surface area (Å²) in [4.78, 5) is 21.1. The van der Waals surface area contributed by atoms with E-state index in [1.807, 2.05) is 27.7 Å². The summed E-state index contributed by atoms with van der Waals surface area (Å²) in [7, 11) is -13.2. The lowest BCUT2D eigenvalue weighted by atomic mass is 9.94. The molecule has 27 nitrogen and oxygen atoms in total. The highest BCUT2D eigenvalue weighted by atomic mass is 32.3. The van der Waals surface area contributed by atoms with Crippen molar-refractivity contribution in [3.63, 3.8) is 0 Å². The van der Waals surface area contributed by atoms with E-state index in [0.717, 1.165) is 12.8 Å². The van der Waals surface area contributed by atoms with Crippen molar-refractivity contribution in [1.82, 2.24) is 0 Å². The molecule has 0 aromatic heterocycles. The van der Waals surface area contributed by atoms with Gasteiger partial charge in [-0.15, -0.1) is 0 Å². The number of hydrogen-bond acceptors (Lipinski definition) is 27. The fourth-order valence-corrected chi connectivity index (χ4v) is 6.54. The molecule has 0 radical (unpaired) electrons. The second-order valence-corrected chi connectivity index (χ2v) is 16.2. The maximum Gasteiger partial charge on any atom is 0.218 e. The molecular formula is C33H61O27S3-5. The molecule has 14 atom stereocenters. The fraction of sp³-hybridized carbons (Fsp3) is 0.939. The number of ether oxygens (including phenoxy) is 6. The van der Waals surface area contributed by atoms with E-state index in [1.54, 1.807) is 13.8 Å². The zero-order valence-corrected chi connectivity index (χ0v) is 38.3. The molecule has 0 bridgehead atoms. The van der Waals surface area contributed by atoms with E-state index in [-0.39, 0.29) is 37.8 Å². The van der Waals surface area contributed by atoms with E-state index >= 15 is 0 Å². The van der Waals surface area contributed by atoms with Crippen LogP contribution >= 0.6 is 0 Å². The van der Waals surface area contributed by atoms with E-state index < -0.39 is 130 Å². The van der Waals surface area contributed by atoms with E-state index in [0.29, 0.717) is 6.61 Å². The molecule has 378 valence electrons. The fourth-order valence-electron chi connectivity index (χ4n) is 5.47. The number of carboxylic acids is 2. The predicted octanol–water partition coefficient (Wildman–Crippen LogP) is -5.83. The van der Waals surface area contributed by atoms with Gasteiger partial charge in [0.15, 0.2) is 0 Å². The highest BCUT2D eigenvalue weighted by Gasteiger charge is 2.43. The molecule has 0 amide bonds. The van der Waals surface area contributed by atoms with Crippen LogP contribution in [-0.4, -0.2) is 203 Å². The Balaban J connectivity index is 0. The van der Waals surface area contributed by atoms with E-state index in [9.17, 15) is 84.2 Å². The molecule has 4 aliphatic rings. The van der Waals surface area contributed by atoms with Crippen LogP contribution < -0.4 is 10.2 Å². The van der Waals surface area contributed by atoms with Crippen molar-refractivity contribution in [3.8, 4) is 0 Å². The van der Waals surface area contributed by atoms with Crippen LogP contribution in [0.1, 0.15) is 61.3 Å². The lowest BCUT2D eigenvalue weighted by molar-refractivity contribution is -0.329. The molecule has 0 aliphatic carbocycles. The number of carbonyl (C=O) groups excluding carboxylic acids is 2. The summed E-state index contributed by atoms with van der Waals surface area (Å²) in [6.07, 6.45) is -12.3. The van der Waals surface area contributed by atoms with Gasteiger partial charge in [-0.05, 0) is 19.8 Å². The minimum absolute atomic E-state index is 0.0473. The number of carbonyl (C=O) groups is 2. The molecule has 5 N–H and O–H groups in total. The third-order valence-corrected chi connectivity index (χ3v) is 9.95. The average Bonchev–Trinajstić information content (AvgIpc) is 3.21. The van der Waals surface area contributed by atoms with E-state index in [2.05, 4.69) is 12.5 Å². The Kier molecular flexibility index (Phi) is 31.2. The van der Waals surface area contributed by atoms with Gasteiger partial charge >= 0.3 is 0 Å². The van der Waals surface area contributed by atoms with Gasteiger partial charge in [0, 0.05) is 32.2 Å². The first kappa shape index (κ1) is 63.2. The highest BCUT2D eigenvalue weighted by molar-refractivity contribution is 7.81. The molecule has 0 spiro atoms. The molecule has 63 heavy (non-hydrogen) atoms. The van der Waals surface area contributed by atoms with Crippen LogP contribution in [0.25, 0.3) is 0 Å². The second kappa shape index (κ2) is 31.2. The number of carboxylic acid groups (broad SMARTS) is 2. The van der Waals surface area contributed by atoms with Gasteiger partial charge in [-0.1, -0.05) is 41.5 Å². The van der Waals surface area contributed by atoms with Crippen molar-refractivity contribution in [2.24, 2.45) is 11.8 Å². The highest BCUT2D eigenvalue weighted by Crippen LogP contribution is 2.23. The molecule has 14 unspecified atom stereocenters. The van der Waals surface area contributed by atoms with Crippen LogP contribution in [0.2, 0.25) is 0 Å². The first-order valence-corrected chi connectivity index (χ1v) is 23.4. The topological polar surface area (TPSA) is 436 Å². The van der Waals surface area contributed by atoms with Crippen LogP contribution in [0.5, 0.6) is 0 Å². The number of rotatable bonds is 13. The quantitative estimate of drug-likeness (QED) is 0.0847. The van der Waals surface area contributed by atoms with Crippen LogP contribution in [0.4, 0.5) is 0 Å². The summed E-state index contributed by atoms with van der Waals surface area (Å²) in [5.41, 5.74) is 0. The minimum atomic E-state index is -5.04. The molecular weight excluding hydrogens is 925 g/mol.